The Morgan fingerprint density at radius 2 is 1.67 bits per heavy atom. The Kier molecular flexibility index (Phi) is 1.39. The van der Waals surface area contributed by atoms with Gasteiger partial charge in [0.15, 0.2) is 0 Å². The Hall–Kier alpha value is -2.30. The monoisotopic (exact) mass is 199 g/mol. The van der Waals surface area contributed by atoms with Crippen LogP contribution in [-0.4, -0.2) is 26.5 Å². The predicted octanol–water partition coefficient (Wildman–Crippen LogP) is 0.580. The summed E-state index contributed by atoms with van der Waals surface area (Å²) in [5.41, 5.74) is 0.924. The van der Waals surface area contributed by atoms with Gasteiger partial charge in [0.05, 0.1) is 11.3 Å². The first kappa shape index (κ1) is 8.05. The number of aromatic nitrogens is 3. The van der Waals surface area contributed by atoms with E-state index in [0.29, 0.717) is 11.3 Å². The average Bonchev–Trinajstić information content (AvgIpc) is 2.75. The topological polar surface area (TPSA) is 75.7 Å². The van der Waals surface area contributed by atoms with Crippen molar-refractivity contribution in [1.82, 2.24) is 15.0 Å². The third-order valence-corrected chi connectivity index (χ3v) is 2.35. The van der Waals surface area contributed by atoms with Crippen LogP contribution in [0.2, 0.25) is 0 Å². The number of nitrogens with one attached hydrogen (secondary N) is 1. The maximum absolute atomic E-state index is 11.8. The van der Waals surface area contributed by atoms with Crippen LogP contribution in [0.25, 0.3) is 0 Å². The van der Waals surface area contributed by atoms with E-state index in [9.17, 15) is 9.59 Å². The molecular weight excluding hydrogens is 194 g/mol. The van der Waals surface area contributed by atoms with Gasteiger partial charge in [-0.05, 0) is 6.07 Å². The minimum Gasteiger partial charge on any atom is -0.358 e. The van der Waals surface area contributed by atoms with Crippen LogP contribution in [0.4, 0.5) is 0 Å². The van der Waals surface area contributed by atoms with Crippen molar-refractivity contribution in [3.05, 3.63) is 47.3 Å². The fourth-order valence-electron chi connectivity index (χ4n) is 1.66. The number of carbonyl (C=O) groups excluding carboxylic acids is 2. The minimum absolute atomic E-state index is 0.123. The lowest BCUT2D eigenvalue weighted by Gasteiger charge is -2.10. The van der Waals surface area contributed by atoms with Crippen LogP contribution < -0.4 is 0 Å². The highest BCUT2D eigenvalue weighted by molar-refractivity contribution is 6.26. The maximum Gasteiger partial charge on any atom is 0.230 e. The number of hydrogen-bond donors (Lipinski definition) is 1. The summed E-state index contributed by atoms with van der Waals surface area (Å²) in [6.07, 6.45) is 4.37. The van der Waals surface area contributed by atoms with E-state index in [4.69, 9.17) is 0 Å². The van der Waals surface area contributed by atoms with E-state index >= 15 is 0 Å². The summed E-state index contributed by atoms with van der Waals surface area (Å²) < 4.78 is 0. The van der Waals surface area contributed by atoms with Crippen LogP contribution in [0.1, 0.15) is 32.2 Å². The van der Waals surface area contributed by atoms with Gasteiger partial charge < -0.3 is 4.98 Å². The van der Waals surface area contributed by atoms with Crippen molar-refractivity contribution in [3.63, 3.8) is 0 Å². The van der Waals surface area contributed by atoms with Crippen LogP contribution in [0.15, 0.2) is 24.7 Å². The molecule has 1 N–H and O–H groups in total. The molecule has 0 unspecified atom stereocenters. The summed E-state index contributed by atoms with van der Waals surface area (Å²) in [5.74, 6) is -0.536. The molecule has 0 amide bonds. The molecule has 0 aromatic carbocycles. The Morgan fingerprint density at radius 3 is 2.40 bits per heavy atom. The van der Waals surface area contributed by atoms with Crippen LogP contribution in [0, 0.1) is 0 Å². The van der Waals surface area contributed by atoms with Crippen molar-refractivity contribution < 1.29 is 9.59 Å². The molecule has 72 valence electrons. The third-order valence-electron chi connectivity index (χ3n) is 2.35. The number of H-pyrrole nitrogens is 1. The molecule has 15 heavy (non-hydrogen) atoms. The first-order valence-corrected chi connectivity index (χ1v) is 4.37. The van der Waals surface area contributed by atoms with Gasteiger partial charge in [0, 0.05) is 18.6 Å². The van der Waals surface area contributed by atoms with Gasteiger partial charge in [-0.1, -0.05) is 0 Å². The van der Waals surface area contributed by atoms with E-state index < -0.39 is 0 Å². The lowest BCUT2D eigenvalue weighted by molar-refractivity contribution is 0.0969. The van der Waals surface area contributed by atoms with E-state index in [1.165, 1.54) is 12.4 Å². The highest BCUT2D eigenvalue weighted by Crippen LogP contribution is 2.22. The van der Waals surface area contributed by atoms with Gasteiger partial charge in [0.25, 0.3) is 0 Å². The second-order valence-electron chi connectivity index (χ2n) is 3.18. The molecule has 5 nitrogen and oxygen atoms in total. The molecule has 0 bridgehead atoms. The smallest absolute Gasteiger partial charge is 0.230 e. The normalized spacial score (nSPS) is 13.6. The van der Waals surface area contributed by atoms with E-state index in [1.807, 2.05) is 0 Å². The van der Waals surface area contributed by atoms with Crippen molar-refractivity contribution in [3.8, 4) is 0 Å². The first-order valence-electron chi connectivity index (χ1n) is 4.37. The van der Waals surface area contributed by atoms with Crippen LogP contribution in [0.5, 0.6) is 0 Å². The van der Waals surface area contributed by atoms with Crippen molar-refractivity contribution in [2.24, 2.45) is 0 Å². The molecule has 2 aromatic heterocycles. The second-order valence-corrected chi connectivity index (χ2v) is 3.18. The third kappa shape index (κ3) is 0.914. The second kappa shape index (κ2) is 2.60. The largest absolute Gasteiger partial charge is 0.358 e. The average molecular weight is 199 g/mol. The van der Waals surface area contributed by atoms with Crippen LogP contribution in [0.3, 0.4) is 0 Å². The van der Waals surface area contributed by atoms with E-state index in [-0.39, 0.29) is 23.0 Å². The van der Waals surface area contributed by atoms with Crippen LogP contribution >= 0.6 is 0 Å². The predicted molar refractivity (Wildman–Crippen MR) is 49.7 cm³/mol. The lowest BCUT2D eigenvalue weighted by Crippen LogP contribution is -2.22. The Labute approximate surface area is 84.2 Å². The molecule has 0 spiro atoms. The highest BCUT2D eigenvalue weighted by Gasteiger charge is 2.32. The number of carbonyl (C=O) groups is 2. The van der Waals surface area contributed by atoms with Gasteiger partial charge in [-0.2, -0.15) is 0 Å². The zero-order valence-electron chi connectivity index (χ0n) is 7.52. The molecule has 0 atom stereocenters. The molecule has 1 aliphatic rings. The zero-order valence-corrected chi connectivity index (χ0v) is 7.52. The molecule has 0 aliphatic heterocycles. The summed E-state index contributed by atoms with van der Waals surface area (Å²) in [6, 6.07) is 1.58. The molecule has 0 fully saturated rings. The first-order chi connectivity index (χ1) is 7.29. The van der Waals surface area contributed by atoms with E-state index in [2.05, 4.69) is 15.0 Å². The molecule has 2 heterocycles. The molecule has 0 saturated carbocycles. The van der Waals surface area contributed by atoms with E-state index in [1.54, 1.807) is 12.3 Å². The number of aromatic amines is 1. The van der Waals surface area contributed by atoms with Crippen molar-refractivity contribution >= 4 is 11.6 Å². The van der Waals surface area contributed by atoms with Gasteiger partial charge in [0.1, 0.15) is 11.4 Å². The summed E-state index contributed by atoms with van der Waals surface area (Å²) in [7, 11) is 0. The summed E-state index contributed by atoms with van der Waals surface area (Å²) in [6.45, 7) is 0. The van der Waals surface area contributed by atoms with Crippen molar-refractivity contribution in [1.29, 1.82) is 0 Å². The van der Waals surface area contributed by atoms with Gasteiger partial charge in [-0.25, -0.2) is 9.97 Å². The molecule has 5 heteroatoms. The zero-order chi connectivity index (χ0) is 10.4. The standard InChI is InChI=1S/C10H5N3O2/c14-9-5-1-2-11-6(5)10(15)8-7(9)12-3-4-13-8/h1-4,11H. The van der Waals surface area contributed by atoms with Crippen molar-refractivity contribution in [2.45, 2.75) is 0 Å². The Morgan fingerprint density at radius 1 is 1.00 bits per heavy atom. The lowest BCUT2D eigenvalue weighted by atomic mass is 9.96. The summed E-state index contributed by atoms with van der Waals surface area (Å²) in [4.78, 5) is 34.2. The van der Waals surface area contributed by atoms with E-state index in [0.717, 1.165) is 0 Å². The van der Waals surface area contributed by atoms with Gasteiger partial charge in [-0.15, -0.1) is 0 Å². The van der Waals surface area contributed by atoms with Gasteiger partial charge in [-0.3, -0.25) is 9.59 Å². The highest BCUT2D eigenvalue weighted by atomic mass is 16.1. The summed E-state index contributed by atoms with van der Waals surface area (Å²) in [5, 5.41) is 0. The number of nitrogens with zero attached hydrogens (tertiary/aromatic N) is 2. The minimum atomic E-state index is -0.280. The number of hydrogen-bond acceptors (Lipinski definition) is 4. The number of fused-ring (bicyclic) bond motifs is 2. The molecule has 3 rings (SSSR count). The molecule has 0 radical (unpaired) electrons. The number of rotatable bonds is 0. The molecule has 0 saturated heterocycles. The van der Waals surface area contributed by atoms with Gasteiger partial charge >= 0.3 is 0 Å². The molecular formula is C10H5N3O2. The fraction of sp³-hybridized carbons (Fsp3) is 0. The Bertz CT molecular complexity index is 536. The van der Waals surface area contributed by atoms with Crippen LogP contribution in [-0.2, 0) is 0 Å². The van der Waals surface area contributed by atoms with Gasteiger partial charge in [0.2, 0.25) is 11.6 Å². The summed E-state index contributed by atoms with van der Waals surface area (Å²) >= 11 is 0. The quantitative estimate of drug-likeness (QED) is 0.574. The van der Waals surface area contributed by atoms with Crippen molar-refractivity contribution in [2.75, 3.05) is 0 Å². The Balaban J connectivity index is 2.36. The molecule has 2 aromatic rings. The maximum atomic E-state index is 11.8. The fourth-order valence-corrected chi connectivity index (χ4v) is 1.66. The number of ketones is 2. The SMILES string of the molecule is O=C1c2cc[nH]c2C(=O)c2nccnc21. The molecule has 1 aliphatic carbocycles.